The third-order valence-corrected chi connectivity index (χ3v) is 3.95. The first kappa shape index (κ1) is 36.5. The Morgan fingerprint density at radius 2 is 1.42 bits per heavy atom. The van der Waals surface area contributed by atoms with E-state index in [0.29, 0.717) is 0 Å². The van der Waals surface area contributed by atoms with Gasteiger partial charge < -0.3 is 10.2 Å². The van der Waals surface area contributed by atoms with Gasteiger partial charge in [0.25, 0.3) is 0 Å². The second kappa shape index (κ2) is 24.4. The van der Waals surface area contributed by atoms with Gasteiger partial charge >= 0.3 is 0 Å². The van der Waals surface area contributed by atoms with Gasteiger partial charge in [-0.25, -0.2) is 0 Å². The van der Waals surface area contributed by atoms with Crippen LogP contribution in [0, 0.1) is 13.8 Å². The smallest absolute Gasteiger partial charge is 0.221 e. The maximum atomic E-state index is 10.8. The monoisotopic (exact) mass is 434 g/mol. The molecule has 0 saturated carbocycles. The number of carbonyl (C=O) groups is 1. The van der Waals surface area contributed by atoms with Crippen molar-refractivity contribution in [3.63, 3.8) is 0 Å². The molecule has 31 heavy (non-hydrogen) atoms. The molecule has 0 aromatic heterocycles. The molecular weight excluding hydrogens is 380 g/mol. The second-order valence-corrected chi connectivity index (χ2v) is 7.01. The van der Waals surface area contributed by atoms with E-state index < -0.39 is 0 Å². The van der Waals surface area contributed by atoms with E-state index in [-0.39, 0.29) is 5.91 Å². The van der Waals surface area contributed by atoms with Gasteiger partial charge in [-0.2, -0.15) is 0 Å². The Bertz CT molecular complexity index is 622. The summed E-state index contributed by atoms with van der Waals surface area (Å²) in [4.78, 5) is 13.0. The van der Waals surface area contributed by atoms with Crippen LogP contribution in [0.15, 0.2) is 41.1 Å². The standard InChI is InChI=1S/C12H19N.C10H17NO.3C2H6/c1-10-5-6-12(11(2)9-10)7-8-13(3)4;1-6-8(4)10(7(2)3)11-9(5)12;3*1-2/h5-6,9H,7-8H2,1-4H3;6H,1-5H3,(H,11,12);3*1-2H3/b;8-6-;;;. The number of benzene rings is 1. The van der Waals surface area contributed by atoms with Crippen LogP contribution in [0.4, 0.5) is 0 Å². The Kier molecular flexibility index (Phi) is 28.7. The van der Waals surface area contributed by atoms with Gasteiger partial charge in [0.2, 0.25) is 5.91 Å². The van der Waals surface area contributed by atoms with Crippen LogP contribution in [0.1, 0.15) is 92.9 Å². The number of rotatable bonds is 5. The molecule has 1 aromatic rings. The average Bonchev–Trinajstić information content (AvgIpc) is 2.75. The zero-order valence-corrected chi connectivity index (χ0v) is 23.6. The minimum Gasteiger partial charge on any atom is -0.326 e. The molecule has 3 nitrogen and oxygen atoms in total. The molecule has 182 valence electrons. The minimum atomic E-state index is -0.0209. The lowest BCUT2D eigenvalue weighted by atomic mass is 10.0. The number of carbonyl (C=O) groups excluding carboxylic acids is 1. The highest BCUT2D eigenvalue weighted by molar-refractivity contribution is 5.76. The Labute approximate surface area is 196 Å². The average molecular weight is 435 g/mol. The van der Waals surface area contributed by atoms with Gasteiger partial charge in [-0.3, -0.25) is 4.79 Å². The molecule has 0 unspecified atom stereocenters. The maximum Gasteiger partial charge on any atom is 0.221 e. The summed E-state index contributed by atoms with van der Waals surface area (Å²) < 4.78 is 0. The molecule has 1 N–H and O–H groups in total. The summed E-state index contributed by atoms with van der Waals surface area (Å²) >= 11 is 0. The zero-order chi connectivity index (χ0) is 25.6. The molecule has 1 amide bonds. The topological polar surface area (TPSA) is 32.3 Å². The van der Waals surface area contributed by atoms with Gasteiger partial charge in [-0.15, -0.1) is 0 Å². The Morgan fingerprint density at radius 1 is 0.935 bits per heavy atom. The SMILES string of the molecule is C/C=C(/C)C(NC(C)=O)=C(C)C.CC.CC.CC.Cc1ccc(CCN(C)C)c(C)c1. The van der Waals surface area contributed by atoms with Gasteiger partial charge in [-0.1, -0.05) is 77.0 Å². The fourth-order valence-electron chi connectivity index (χ4n) is 2.41. The van der Waals surface area contributed by atoms with Gasteiger partial charge in [-0.05, 0) is 78.8 Å². The highest BCUT2D eigenvalue weighted by Gasteiger charge is 2.02. The summed E-state index contributed by atoms with van der Waals surface area (Å²) in [6, 6.07) is 6.69. The van der Waals surface area contributed by atoms with Crippen LogP contribution in [0.25, 0.3) is 0 Å². The van der Waals surface area contributed by atoms with Gasteiger partial charge in [0.05, 0.1) is 0 Å². The third-order valence-electron chi connectivity index (χ3n) is 3.95. The van der Waals surface area contributed by atoms with Gasteiger partial charge in [0.15, 0.2) is 0 Å². The quantitative estimate of drug-likeness (QED) is 0.478. The first-order chi connectivity index (χ1) is 14.6. The fourth-order valence-corrected chi connectivity index (χ4v) is 2.41. The number of hydrogen-bond donors (Lipinski definition) is 1. The molecule has 1 aromatic carbocycles. The molecule has 0 bridgehead atoms. The molecular formula is C28H54N2O. The molecule has 0 heterocycles. The molecule has 3 heteroatoms. The number of nitrogens with zero attached hydrogens (tertiary/aromatic N) is 1. The van der Waals surface area contributed by atoms with E-state index in [2.05, 4.69) is 56.4 Å². The first-order valence-corrected chi connectivity index (χ1v) is 11.9. The van der Waals surface area contributed by atoms with E-state index in [9.17, 15) is 4.79 Å². The van der Waals surface area contributed by atoms with E-state index in [1.807, 2.05) is 75.3 Å². The van der Waals surface area contributed by atoms with Crippen molar-refractivity contribution in [2.24, 2.45) is 0 Å². The molecule has 0 aliphatic rings. The second-order valence-electron chi connectivity index (χ2n) is 7.01. The van der Waals surface area contributed by atoms with Crippen LogP contribution in [0.3, 0.4) is 0 Å². The van der Waals surface area contributed by atoms with Crippen molar-refractivity contribution >= 4 is 5.91 Å². The number of likely N-dealkylation sites (N-methyl/N-ethyl adjacent to an activating group) is 1. The van der Waals surface area contributed by atoms with Crippen molar-refractivity contribution in [1.29, 1.82) is 0 Å². The first-order valence-electron chi connectivity index (χ1n) is 11.9. The third kappa shape index (κ3) is 21.2. The van der Waals surface area contributed by atoms with Crippen LogP contribution >= 0.6 is 0 Å². The van der Waals surface area contributed by atoms with Crippen molar-refractivity contribution in [3.05, 3.63) is 57.8 Å². The molecule has 0 fully saturated rings. The molecule has 0 atom stereocenters. The lowest BCUT2D eigenvalue weighted by Crippen LogP contribution is -2.20. The van der Waals surface area contributed by atoms with Crippen LogP contribution in [-0.2, 0) is 11.2 Å². The lowest BCUT2D eigenvalue weighted by molar-refractivity contribution is -0.118. The molecule has 0 aliphatic carbocycles. The van der Waals surface area contributed by atoms with Crippen molar-refractivity contribution in [1.82, 2.24) is 10.2 Å². The number of nitrogens with one attached hydrogen (secondary N) is 1. The summed E-state index contributed by atoms with van der Waals surface area (Å²) in [6.45, 7) is 26.9. The van der Waals surface area contributed by atoms with E-state index in [1.54, 1.807) is 0 Å². The molecule has 0 saturated heterocycles. The van der Waals surface area contributed by atoms with Crippen LogP contribution < -0.4 is 5.32 Å². The van der Waals surface area contributed by atoms with E-state index >= 15 is 0 Å². The predicted octanol–water partition coefficient (Wildman–Crippen LogP) is 7.87. The van der Waals surface area contributed by atoms with Crippen molar-refractivity contribution < 1.29 is 4.79 Å². The normalized spacial score (nSPS) is 9.35. The van der Waals surface area contributed by atoms with Gasteiger partial charge in [0.1, 0.15) is 0 Å². The van der Waals surface area contributed by atoms with Crippen LogP contribution in [0.5, 0.6) is 0 Å². The number of hydrogen-bond acceptors (Lipinski definition) is 2. The van der Waals surface area contributed by atoms with Gasteiger partial charge in [0, 0.05) is 19.2 Å². The molecule has 0 aliphatic heterocycles. The molecule has 0 radical (unpaired) electrons. The van der Waals surface area contributed by atoms with E-state index in [4.69, 9.17) is 0 Å². The highest BCUT2D eigenvalue weighted by atomic mass is 16.1. The summed E-state index contributed by atoms with van der Waals surface area (Å²) in [6.07, 6.45) is 3.14. The summed E-state index contributed by atoms with van der Waals surface area (Å²) in [5.41, 5.74) is 7.41. The number of allylic oxidation sites excluding steroid dienone is 3. The van der Waals surface area contributed by atoms with Crippen molar-refractivity contribution in [2.75, 3.05) is 20.6 Å². The molecule has 1 rings (SSSR count). The van der Waals surface area contributed by atoms with Crippen LogP contribution in [-0.4, -0.2) is 31.4 Å². The lowest BCUT2D eigenvalue weighted by Gasteiger charge is -2.11. The van der Waals surface area contributed by atoms with Crippen LogP contribution in [0.2, 0.25) is 0 Å². The molecule has 0 spiro atoms. The zero-order valence-electron chi connectivity index (χ0n) is 23.6. The Hall–Kier alpha value is -1.87. The number of amides is 1. The summed E-state index contributed by atoms with van der Waals surface area (Å²) in [7, 11) is 4.23. The fraction of sp³-hybridized carbons (Fsp3) is 0.607. The predicted molar refractivity (Wildman–Crippen MR) is 144 cm³/mol. The Morgan fingerprint density at radius 3 is 1.74 bits per heavy atom. The maximum absolute atomic E-state index is 10.8. The van der Waals surface area contributed by atoms with E-state index in [1.165, 1.54) is 23.6 Å². The minimum absolute atomic E-state index is 0.0209. The van der Waals surface area contributed by atoms with E-state index in [0.717, 1.165) is 29.8 Å². The summed E-state index contributed by atoms with van der Waals surface area (Å²) in [5, 5.41) is 2.80. The largest absolute Gasteiger partial charge is 0.326 e. The highest BCUT2D eigenvalue weighted by Crippen LogP contribution is 2.11. The van der Waals surface area contributed by atoms with Crippen molar-refractivity contribution in [2.45, 2.75) is 96.4 Å². The van der Waals surface area contributed by atoms with Crippen molar-refractivity contribution in [3.8, 4) is 0 Å². The Balaban J connectivity index is -0.000000190. The number of aryl methyl sites for hydroxylation is 2. The summed E-state index contributed by atoms with van der Waals surface area (Å²) in [5.74, 6) is -0.0209.